The molecule has 0 radical (unpaired) electrons. The lowest BCUT2D eigenvalue weighted by Gasteiger charge is -2.20. The average molecular weight is 188 g/mol. The molecular weight excluding hydrogens is 168 g/mol. The highest BCUT2D eigenvalue weighted by atomic mass is 16.5. The molecule has 0 aliphatic carbocycles. The Morgan fingerprint density at radius 3 is 2.46 bits per heavy atom. The zero-order chi connectivity index (χ0) is 10.5. The van der Waals surface area contributed by atoms with Crippen molar-refractivity contribution in [2.75, 3.05) is 13.2 Å². The van der Waals surface area contributed by atoms with Crippen LogP contribution in [0.4, 0.5) is 0 Å². The molecule has 4 heteroatoms. The van der Waals surface area contributed by atoms with E-state index in [1.807, 2.05) is 27.7 Å². The third-order valence-corrected chi connectivity index (χ3v) is 1.40. The summed E-state index contributed by atoms with van der Waals surface area (Å²) in [5.74, 6) is -0.118. The van der Waals surface area contributed by atoms with E-state index in [1.165, 1.54) is 0 Å². The molecule has 0 saturated carbocycles. The zero-order valence-electron chi connectivity index (χ0n) is 8.89. The highest BCUT2D eigenvalue weighted by Gasteiger charge is 2.13. The lowest BCUT2D eigenvalue weighted by atomic mass is 10.2. The van der Waals surface area contributed by atoms with Gasteiger partial charge in [0.2, 0.25) is 5.91 Å². The Kier molecular flexibility index (Phi) is 4.95. The molecule has 1 atom stereocenters. The summed E-state index contributed by atoms with van der Waals surface area (Å²) in [5, 5.41) is 2.71. The quantitative estimate of drug-likeness (QED) is 0.665. The van der Waals surface area contributed by atoms with Gasteiger partial charge in [-0.25, -0.2) is 0 Å². The topological polar surface area (TPSA) is 64.3 Å². The van der Waals surface area contributed by atoms with Gasteiger partial charge in [0, 0.05) is 12.6 Å². The Hall–Kier alpha value is -0.610. The fraction of sp³-hybridized carbons (Fsp3) is 0.889. The molecule has 0 aliphatic rings. The molecule has 0 aromatic rings. The molecule has 0 aromatic heterocycles. The smallest absolute Gasteiger partial charge is 0.246 e. The maximum Gasteiger partial charge on any atom is 0.246 e. The van der Waals surface area contributed by atoms with Gasteiger partial charge in [0.05, 0.1) is 5.60 Å². The van der Waals surface area contributed by atoms with Crippen molar-refractivity contribution in [2.45, 2.75) is 39.3 Å². The first kappa shape index (κ1) is 12.4. The van der Waals surface area contributed by atoms with Gasteiger partial charge >= 0.3 is 0 Å². The van der Waals surface area contributed by atoms with Crippen LogP contribution in [0, 0.1) is 0 Å². The first-order valence-electron chi connectivity index (χ1n) is 4.48. The minimum atomic E-state index is -0.275. The van der Waals surface area contributed by atoms with Crippen LogP contribution in [0.3, 0.4) is 0 Å². The van der Waals surface area contributed by atoms with Gasteiger partial charge in [0.15, 0.2) is 0 Å². The third-order valence-electron chi connectivity index (χ3n) is 1.40. The maximum atomic E-state index is 11.2. The molecule has 0 heterocycles. The predicted molar refractivity (Wildman–Crippen MR) is 52.4 cm³/mol. The molecule has 78 valence electrons. The number of hydrogen-bond donors (Lipinski definition) is 2. The number of rotatable bonds is 4. The molecule has 3 N–H and O–H groups in total. The monoisotopic (exact) mass is 188 g/mol. The van der Waals surface area contributed by atoms with Crippen molar-refractivity contribution in [3.8, 4) is 0 Å². The third kappa shape index (κ3) is 7.74. The van der Waals surface area contributed by atoms with Crippen LogP contribution in [0.1, 0.15) is 27.7 Å². The summed E-state index contributed by atoms with van der Waals surface area (Å²) in [6.45, 7) is 8.12. The van der Waals surface area contributed by atoms with Crippen molar-refractivity contribution in [2.24, 2.45) is 5.73 Å². The van der Waals surface area contributed by atoms with Crippen molar-refractivity contribution in [3.63, 3.8) is 0 Å². The Bertz CT molecular complexity index is 163. The van der Waals surface area contributed by atoms with Crippen molar-refractivity contribution < 1.29 is 9.53 Å². The van der Waals surface area contributed by atoms with Crippen LogP contribution in [-0.4, -0.2) is 30.7 Å². The minimum Gasteiger partial charge on any atom is -0.366 e. The van der Waals surface area contributed by atoms with E-state index in [1.54, 1.807) is 0 Å². The van der Waals surface area contributed by atoms with Crippen molar-refractivity contribution in [3.05, 3.63) is 0 Å². The number of ether oxygens (including phenoxy) is 1. The Morgan fingerprint density at radius 2 is 2.08 bits per heavy atom. The molecular formula is C9H20N2O2. The highest BCUT2D eigenvalue weighted by Crippen LogP contribution is 2.05. The van der Waals surface area contributed by atoms with Crippen molar-refractivity contribution in [1.82, 2.24) is 5.32 Å². The van der Waals surface area contributed by atoms with E-state index in [0.29, 0.717) is 6.54 Å². The second-order valence-electron chi connectivity index (χ2n) is 4.11. The fourth-order valence-electron chi connectivity index (χ4n) is 0.657. The van der Waals surface area contributed by atoms with E-state index in [4.69, 9.17) is 10.5 Å². The molecule has 0 fully saturated rings. The molecule has 0 spiro atoms. The Balaban J connectivity index is 3.64. The van der Waals surface area contributed by atoms with Gasteiger partial charge in [-0.05, 0) is 27.7 Å². The number of nitrogens with one attached hydrogen (secondary N) is 1. The van der Waals surface area contributed by atoms with Crippen molar-refractivity contribution in [1.29, 1.82) is 0 Å². The largest absolute Gasteiger partial charge is 0.366 e. The van der Waals surface area contributed by atoms with Crippen LogP contribution in [0.5, 0.6) is 0 Å². The number of nitrogens with two attached hydrogens (primary N) is 1. The molecule has 1 amide bonds. The Labute approximate surface area is 79.8 Å². The fourth-order valence-corrected chi connectivity index (χ4v) is 0.657. The standard InChI is InChI=1S/C9H20N2O2/c1-7(5-10)11-8(12)6-13-9(2,3)4/h7H,5-6,10H2,1-4H3,(H,11,12)/t7-/m1/s1. The Morgan fingerprint density at radius 1 is 1.54 bits per heavy atom. The van der Waals surface area contributed by atoms with Gasteiger partial charge in [-0.1, -0.05) is 0 Å². The summed E-state index contributed by atoms with van der Waals surface area (Å²) in [4.78, 5) is 11.2. The van der Waals surface area contributed by atoms with Crippen LogP contribution >= 0.6 is 0 Å². The minimum absolute atomic E-state index is 0.0102. The van der Waals surface area contributed by atoms with Crippen LogP contribution in [-0.2, 0) is 9.53 Å². The van der Waals surface area contributed by atoms with E-state index in [0.717, 1.165) is 0 Å². The van der Waals surface area contributed by atoms with Crippen molar-refractivity contribution >= 4 is 5.91 Å². The van der Waals surface area contributed by atoms with Gasteiger partial charge in [0.1, 0.15) is 6.61 Å². The molecule has 0 bridgehead atoms. The average Bonchev–Trinajstić information content (AvgIpc) is 1.99. The van der Waals surface area contributed by atoms with Crippen LogP contribution in [0.2, 0.25) is 0 Å². The molecule has 0 unspecified atom stereocenters. The molecule has 4 nitrogen and oxygen atoms in total. The van der Waals surface area contributed by atoms with E-state index >= 15 is 0 Å². The number of amides is 1. The molecule has 0 rings (SSSR count). The number of carbonyl (C=O) groups is 1. The first-order chi connectivity index (χ1) is 5.85. The lowest BCUT2D eigenvalue weighted by Crippen LogP contribution is -2.41. The van der Waals surface area contributed by atoms with Gasteiger partial charge in [0.25, 0.3) is 0 Å². The summed E-state index contributed by atoms with van der Waals surface area (Å²) < 4.78 is 5.28. The summed E-state index contributed by atoms with van der Waals surface area (Å²) in [6, 6.07) is 0.0102. The van der Waals surface area contributed by atoms with Gasteiger partial charge in [-0.2, -0.15) is 0 Å². The van der Waals surface area contributed by atoms with Crippen LogP contribution in [0.25, 0.3) is 0 Å². The van der Waals surface area contributed by atoms with E-state index in [2.05, 4.69) is 5.32 Å². The highest BCUT2D eigenvalue weighted by molar-refractivity contribution is 5.77. The molecule has 13 heavy (non-hydrogen) atoms. The first-order valence-corrected chi connectivity index (χ1v) is 4.48. The number of hydrogen-bond acceptors (Lipinski definition) is 3. The SMILES string of the molecule is C[C@H](CN)NC(=O)COC(C)(C)C. The summed E-state index contributed by atoms with van der Waals surface area (Å²) in [7, 11) is 0. The van der Waals surface area contributed by atoms with E-state index in [-0.39, 0.29) is 24.2 Å². The summed E-state index contributed by atoms with van der Waals surface area (Å²) >= 11 is 0. The van der Waals surface area contributed by atoms with Gasteiger partial charge in [-0.15, -0.1) is 0 Å². The van der Waals surface area contributed by atoms with Gasteiger partial charge < -0.3 is 15.8 Å². The lowest BCUT2D eigenvalue weighted by molar-refractivity contribution is -0.131. The molecule has 0 aromatic carbocycles. The van der Waals surface area contributed by atoms with E-state index in [9.17, 15) is 4.79 Å². The van der Waals surface area contributed by atoms with E-state index < -0.39 is 0 Å². The maximum absolute atomic E-state index is 11.2. The predicted octanol–water partition coefficient (Wildman–Crippen LogP) is 0.265. The second-order valence-corrected chi connectivity index (χ2v) is 4.11. The number of carbonyl (C=O) groups excluding carboxylic acids is 1. The summed E-state index contributed by atoms with van der Waals surface area (Å²) in [6.07, 6.45) is 0. The zero-order valence-corrected chi connectivity index (χ0v) is 8.89. The van der Waals surface area contributed by atoms with Gasteiger partial charge in [-0.3, -0.25) is 4.79 Å². The van der Waals surface area contributed by atoms with Crippen LogP contribution < -0.4 is 11.1 Å². The van der Waals surface area contributed by atoms with Crippen LogP contribution in [0.15, 0.2) is 0 Å². The normalized spacial score (nSPS) is 13.9. The second kappa shape index (κ2) is 5.19. The molecule has 0 aliphatic heterocycles. The summed E-state index contributed by atoms with van der Waals surface area (Å²) in [5.41, 5.74) is 5.07. The molecule has 0 saturated heterocycles.